The molecule has 0 saturated heterocycles. The Kier molecular flexibility index (Phi) is 5.68. The molecule has 0 radical (unpaired) electrons. The van der Waals surface area contributed by atoms with Gasteiger partial charge in [0.15, 0.2) is 0 Å². The topological polar surface area (TPSA) is 46.2 Å². The summed E-state index contributed by atoms with van der Waals surface area (Å²) in [7, 11) is 0. The van der Waals surface area contributed by atoms with Gasteiger partial charge in [-0.3, -0.25) is 0 Å². The summed E-state index contributed by atoms with van der Waals surface area (Å²) in [6.07, 6.45) is 0. The summed E-state index contributed by atoms with van der Waals surface area (Å²) >= 11 is 3.55. The van der Waals surface area contributed by atoms with Crippen molar-refractivity contribution in [3.63, 3.8) is 0 Å². The van der Waals surface area contributed by atoms with Crippen LogP contribution in [0.25, 0.3) is 0 Å². The summed E-state index contributed by atoms with van der Waals surface area (Å²) in [5.74, 6) is 1.30. The first-order valence-electron chi connectivity index (χ1n) is 5.15. The first-order chi connectivity index (χ1) is 7.15. The molecule has 0 bridgehead atoms. The lowest BCUT2D eigenvalue weighted by Crippen LogP contribution is -2.23. The van der Waals surface area contributed by atoms with Crippen LogP contribution in [0.4, 0.5) is 0 Å². The lowest BCUT2D eigenvalue weighted by Gasteiger charge is -2.20. The predicted octanol–water partition coefficient (Wildman–Crippen LogP) is 2.50. The Morgan fingerprint density at radius 1 is 1.53 bits per heavy atom. The van der Waals surface area contributed by atoms with Gasteiger partial charge in [0, 0.05) is 17.9 Å². The summed E-state index contributed by atoms with van der Waals surface area (Å²) in [6.45, 7) is 4.35. The lowest BCUT2D eigenvalue weighted by atomic mass is 10.1. The molecule has 0 amide bonds. The molecule has 0 saturated carbocycles. The number of thiophene rings is 1. The highest BCUT2D eigenvalue weighted by Crippen LogP contribution is 2.33. The molecule has 0 aromatic carbocycles. The predicted molar refractivity (Wildman–Crippen MR) is 69.4 cm³/mol. The lowest BCUT2D eigenvalue weighted by molar-refractivity contribution is 0.250. The van der Waals surface area contributed by atoms with E-state index >= 15 is 0 Å². The highest BCUT2D eigenvalue weighted by Gasteiger charge is 2.17. The SMILES string of the molecule is CC(CO)CSC(c1ccsc1)C(C)N. The van der Waals surface area contributed by atoms with Crippen molar-refractivity contribution in [1.82, 2.24) is 0 Å². The minimum Gasteiger partial charge on any atom is -0.396 e. The number of aliphatic hydroxyl groups excluding tert-OH is 1. The molecule has 3 atom stereocenters. The van der Waals surface area contributed by atoms with Crippen LogP contribution in [0.1, 0.15) is 24.7 Å². The summed E-state index contributed by atoms with van der Waals surface area (Å²) < 4.78 is 0. The molecule has 3 unspecified atom stereocenters. The number of nitrogens with two attached hydrogens (primary N) is 1. The maximum Gasteiger partial charge on any atom is 0.0464 e. The number of aliphatic hydroxyl groups is 1. The monoisotopic (exact) mass is 245 g/mol. The Hall–Kier alpha value is -0.0300. The molecular weight excluding hydrogens is 226 g/mol. The molecule has 2 nitrogen and oxygen atoms in total. The summed E-state index contributed by atoms with van der Waals surface area (Å²) in [6, 6.07) is 2.28. The van der Waals surface area contributed by atoms with Gasteiger partial charge in [0.25, 0.3) is 0 Å². The van der Waals surface area contributed by atoms with Crippen molar-refractivity contribution in [2.75, 3.05) is 12.4 Å². The maximum atomic E-state index is 8.97. The Labute approximate surface area is 99.9 Å². The Morgan fingerprint density at radius 3 is 2.73 bits per heavy atom. The molecule has 3 N–H and O–H groups in total. The zero-order valence-electron chi connectivity index (χ0n) is 9.22. The Bertz CT molecular complexity index is 262. The third-order valence-corrected chi connectivity index (χ3v) is 4.74. The van der Waals surface area contributed by atoms with E-state index in [0.29, 0.717) is 11.2 Å². The van der Waals surface area contributed by atoms with Crippen molar-refractivity contribution < 1.29 is 5.11 Å². The van der Waals surface area contributed by atoms with Gasteiger partial charge >= 0.3 is 0 Å². The molecule has 0 aliphatic heterocycles. The molecular formula is C11H19NOS2. The van der Waals surface area contributed by atoms with E-state index in [4.69, 9.17) is 10.8 Å². The first kappa shape index (κ1) is 13.0. The summed E-state index contributed by atoms with van der Waals surface area (Å²) in [5.41, 5.74) is 7.29. The van der Waals surface area contributed by atoms with Crippen LogP contribution in [-0.4, -0.2) is 23.5 Å². The van der Waals surface area contributed by atoms with Crippen LogP contribution in [0, 0.1) is 5.92 Å². The second kappa shape index (κ2) is 6.53. The fraction of sp³-hybridized carbons (Fsp3) is 0.636. The van der Waals surface area contributed by atoms with Crippen molar-refractivity contribution in [2.24, 2.45) is 11.7 Å². The van der Waals surface area contributed by atoms with Gasteiger partial charge in [0.1, 0.15) is 0 Å². The fourth-order valence-corrected chi connectivity index (χ4v) is 3.38. The van der Waals surface area contributed by atoms with E-state index in [-0.39, 0.29) is 12.6 Å². The van der Waals surface area contributed by atoms with Crippen LogP contribution in [0.3, 0.4) is 0 Å². The van der Waals surface area contributed by atoms with Gasteiger partial charge < -0.3 is 10.8 Å². The Morgan fingerprint density at radius 2 is 2.27 bits per heavy atom. The average Bonchev–Trinajstić information content (AvgIpc) is 2.70. The molecule has 1 rings (SSSR count). The zero-order chi connectivity index (χ0) is 11.3. The normalized spacial score (nSPS) is 17.3. The van der Waals surface area contributed by atoms with Gasteiger partial charge in [0.2, 0.25) is 0 Å². The van der Waals surface area contributed by atoms with Gasteiger partial charge in [-0.2, -0.15) is 23.1 Å². The van der Waals surface area contributed by atoms with Crippen LogP contribution in [0.5, 0.6) is 0 Å². The third-order valence-electron chi connectivity index (χ3n) is 2.22. The van der Waals surface area contributed by atoms with Crippen LogP contribution < -0.4 is 5.73 Å². The quantitative estimate of drug-likeness (QED) is 0.809. The molecule has 1 aromatic rings. The standard InChI is InChI=1S/C11H19NOS2/c1-8(5-13)6-15-11(9(2)12)10-3-4-14-7-10/h3-4,7-9,11,13H,5-6,12H2,1-2H3. The van der Waals surface area contributed by atoms with E-state index in [2.05, 4.69) is 23.8 Å². The van der Waals surface area contributed by atoms with E-state index in [1.54, 1.807) is 11.3 Å². The largest absolute Gasteiger partial charge is 0.396 e. The Balaban J connectivity index is 2.53. The van der Waals surface area contributed by atoms with E-state index in [9.17, 15) is 0 Å². The van der Waals surface area contributed by atoms with E-state index in [0.717, 1.165) is 5.75 Å². The smallest absolute Gasteiger partial charge is 0.0464 e. The number of hydrogen-bond acceptors (Lipinski definition) is 4. The van der Waals surface area contributed by atoms with Gasteiger partial charge in [-0.1, -0.05) is 6.92 Å². The second-order valence-corrected chi connectivity index (χ2v) is 5.91. The molecule has 86 valence electrons. The second-order valence-electron chi connectivity index (χ2n) is 3.96. The fourth-order valence-electron chi connectivity index (χ4n) is 1.31. The first-order valence-corrected chi connectivity index (χ1v) is 7.14. The van der Waals surface area contributed by atoms with Gasteiger partial charge in [-0.15, -0.1) is 0 Å². The molecule has 0 aliphatic carbocycles. The maximum absolute atomic E-state index is 8.97. The molecule has 4 heteroatoms. The van der Waals surface area contributed by atoms with Crippen molar-refractivity contribution >= 4 is 23.1 Å². The van der Waals surface area contributed by atoms with Gasteiger partial charge in [-0.25, -0.2) is 0 Å². The molecule has 1 aromatic heterocycles. The van der Waals surface area contributed by atoms with Crippen LogP contribution in [0.15, 0.2) is 16.8 Å². The van der Waals surface area contributed by atoms with Crippen LogP contribution in [0.2, 0.25) is 0 Å². The number of thioether (sulfide) groups is 1. The molecule has 15 heavy (non-hydrogen) atoms. The highest BCUT2D eigenvalue weighted by molar-refractivity contribution is 7.99. The van der Waals surface area contributed by atoms with Crippen molar-refractivity contribution in [3.8, 4) is 0 Å². The minimum absolute atomic E-state index is 0.149. The van der Waals surface area contributed by atoms with Crippen molar-refractivity contribution in [2.45, 2.75) is 25.1 Å². The van der Waals surface area contributed by atoms with E-state index in [1.807, 2.05) is 18.7 Å². The van der Waals surface area contributed by atoms with Crippen LogP contribution in [-0.2, 0) is 0 Å². The van der Waals surface area contributed by atoms with Crippen LogP contribution >= 0.6 is 23.1 Å². The van der Waals surface area contributed by atoms with Gasteiger partial charge in [-0.05, 0) is 41.0 Å². The van der Waals surface area contributed by atoms with E-state index < -0.39 is 0 Å². The van der Waals surface area contributed by atoms with E-state index in [1.165, 1.54) is 5.56 Å². The molecule has 0 aliphatic rings. The summed E-state index contributed by atoms with van der Waals surface area (Å²) in [4.78, 5) is 0. The zero-order valence-corrected chi connectivity index (χ0v) is 10.9. The molecule has 0 fully saturated rings. The third kappa shape index (κ3) is 4.15. The molecule has 1 heterocycles. The number of rotatable bonds is 6. The number of hydrogen-bond donors (Lipinski definition) is 2. The average molecular weight is 245 g/mol. The summed E-state index contributed by atoms with van der Waals surface area (Å²) in [5, 5.41) is 13.6. The highest BCUT2D eigenvalue weighted by atomic mass is 32.2. The van der Waals surface area contributed by atoms with Crippen molar-refractivity contribution in [1.29, 1.82) is 0 Å². The minimum atomic E-state index is 0.149. The molecule has 0 spiro atoms. The van der Waals surface area contributed by atoms with Gasteiger partial charge in [0.05, 0.1) is 0 Å². The van der Waals surface area contributed by atoms with Crippen molar-refractivity contribution in [3.05, 3.63) is 22.4 Å².